The van der Waals surface area contributed by atoms with E-state index in [0.29, 0.717) is 13.1 Å². The standard InChI is InChI=1S/C16H19NO2S/c1-3-17(12-15-10-7-11-20-15)16(18)13(2)19-14-8-5-4-6-9-14/h4-11,13H,3,12H2,1-2H3. The number of nitrogens with zero attached hydrogens (tertiary/aromatic N) is 1. The van der Waals surface area contributed by atoms with Crippen LogP contribution in [0.1, 0.15) is 18.7 Å². The molecule has 0 fully saturated rings. The number of hydrogen-bond donors (Lipinski definition) is 0. The van der Waals surface area contributed by atoms with Crippen molar-refractivity contribution in [3.05, 3.63) is 52.7 Å². The maximum Gasteiger partial charge on any atom is 0.263 e. The Balaban J connectivity index is 1.97. The van der Waals surface area contributed by atoms with E-state index in [9.17, 15) is 4.79 Å². The zero-order chi connectivity index (χ0) is 14.4. The van der Waals surface area contributed by atoms with E-state index in [4.69, 9.17) is 4.74 Å². The van der Waals surface area contributed by atoms with Gasteiger partial charge in [-0.15, -0.1) is 11.3 Å². The molecule has 1 atom stereocenters. The molecule has 0 aliphatic heterocycles. The molecule has 0 saturated heterocycles. The van der Waals surface area contributed by atoms with Crippen molar-refractivity contribution in [1.29, 1.82) is 0 Å². The van der Waals surface area contributed by atoms with Crippen molar-refractivity contribution in [1.82, 2.24) is 4.90 Å². The van der Waals surface area contributed by atoms with Crippen LogP contribution in [0.15, 0.2) is 47.8 Å². The van der Waals surface area contributed by atoms with Crippen LogP contribution in [-0.2, 0) is 11.3 Å². The predicted molar refractivity (Wildman–Crippen MR) is 81.9 cm³/mol. The Kier molecular flexibility index (Phi) is 5.18. The number of carbonyl (C=O) groups excluding carboxylic acids is 1. The summed E-state index contributed by atoms with van der Waals surface area (Å²) in [6.07, 6.45) is -0.475. The predicted octanol–water partition coefficient (Wildman–Crippen LogP) is 3.56. The highest BCUT2D eigenvalue weighted by Crippen LogP contribution is 2.15. The Morgan fingerprint density at radius 2 is 2.00 bits per heavy atom. The van der Waals surface area contributed by atoms with Gasteiger partial charge in [0.15, 0.2) is 6.10 Å². The number of para-hydroxylation sites is 1. The van der Waals surface area contributed by atoms with Gasteiger partial charge >= 0.3 is 0 Å². The number of benzene rings is 1. The molecule has 0 aliphatic carbocycles. The summed E-state index contributed by atoms with van der Waals surface area (Å²) in [6, 6.07) is 13.5. The first kappa shape index (κ1) is 14.6. The van der Waals surface area contributed by atoms with Gasteiger partial charge in [-0.25, -0.2) is 0 Å². The highest BCUT2D eigenvalue weighted by Gasteiger charge is 2.21. The molecule has 0 N–H and O–H groups in total. The molecule has 0 spiro atoms. The van der Waals surface area contributed by atoms with Gasteiger partial charge in [0.1, 0.15) is 5.75 Å². The summed E-state index contributed by atoms with van der Waals surface area (Å²) >= 11 is 1.67. The molecule has 106 valence electrons. The van der Waals surface area contributed by atoms with Crippen molar-refractivity contribution in [2.45, 2.75) is 26.5 Å². The number of likely N-dealkylation sites (N-methyl/N-ethyl adjacent to an activating group) is 1. The molecule has 4 heteroatoms. The lowest BCUT2D eigenvalue weighted by Gasteiger charge is -2.24. The van der Waals surface area contributed by atoms with Crippen LogP contribution >= 0.6 is 11.3 Å². The second-order valence-corrected chi connectivity index (χ2v) is 5.54. The minimum atomic E-state index is -0.475. The third kappa shape index (κ3) is 3.84. The van der Waals surface area contributed by atoms with Crippen LogP contribution in [0, 0.1) is 0 Å². The molecular weight excluding hydrogens is 270 g/mol. The second kappa shape index (κ2) is 7.10. The summed E-state index contributed by atoms with van der Waals surface area (Å²) < 4.78 is 5.69. The van der Waals surface area contributed by atoms with Gasteiger partial charge in [0.2, 0.25) is 0 Å². The molecule has 1 aromatic carbocycles. The SMILES string of the molecule is CCN(Cc1cccs1)C(=O)C(C)Oc1ccccc1. The first-order chi connectivity index (χ1) is 9.70. The summed E-state index contributed by atoms with van der Waals surface area (Å²) in [5, 5.41) is 2.03. The molecule has 1 unspecified atom stereocenters. The molecule has 2 aromatic rings. The Bertz CT molecular complexity index is 525. The van der Waals surface area contributed by atoms with Crippen LogP contribution < -0.4 is 4.74 Å². The zero-order valence-corrected chi connectivity index (χ0v) is 12.6. The Labute approximate surface area is 123 Å². The number of carbonyl (C=O) groups is 1. The smallest absolute Gasteiger partial charge is 0.263 e. The van der Waals surface area contributed by atoms with Gasteiger partial charge in [0.25, 0.3) is 5.91 Å². The van der Waals surface area contributed by atoms with E-state index >= 15 is 0 Å². The van der Waals surface area contributed by atoms with Crippen molar-refractivity contribution >= 4 is 17.2 Å². The number of hydrogen-bond acceptors (Lipinski definition) is 3. The molecule has 0 radical (unpaired) electrons. The fraction of sp³-hybridized carbons (Fsp3) is 0.312. The molecule has 0 bridgehead atoms. The van der Waals surface area contributed by atoms with Gasteiger partial charge in [-0.05, 0) is 37.4 Å². The maximum absolute atomic E-state index is 12.4. The number of thiophene rings is 1. The monoisotopic (exact) mass is 289 g/mol. The third-order valence-electron chi connectivity index (χ3n) is 3.02. The second-order valence-electron chi connectivity index (χ2n) is 4.50. The van der Waals surface area contributed by atoms with Gasteiger partial charge < -0.3 is 9.64 Å². The molecule has 1 heterocycles. The van der Waals surface area contributed by atoms with Crippen LogP contribution in [0.5, 0.6) is 5.75 Å². The summed E-state index contributed by atoms with van der Waals surface area (Å²) in [4.78, 5) is 15.4. The van der Waals surface area contributed by atoms with Crippen molar-refractivity contribution in [3.8, 4) is 5.75 Å². The Hall–Kier alpha value is -1.81. The van der Waals surface area contributed by atoms with Gasteiger partial charge in [0, 0.05) is 11.4 Å². The van der Waals surface area contributed by atoms with E-state index < -0.39 is 6.10 Å². The molecule has 1 amide bonds. The van der Waals surface area contributed by atoms with Crippen LogP contribution in [-0.4, -0.2) is 23.5 Å². The first-order valence-corrected chi connectivity index (χ1v) is 7.61. The molecule has 0 aliphatic rings. The average Bonchev–Trinajstić information content (AvgIpc) is 2.98. The summed E-state index contributed by atoms with van der Waals surface area (Å²) in [5.41, 5.74) is 0. The quantitative estimate of drug-likeness (QED) is 0.813. The Morgan fingerprint density at radius 3 is 2.60 bits per heavy atom. The van der Waals surface area contributed by atoms with Crippen molar-refractivity contribution in [2.24, 2.45) is 0 Å². The minimum absolute atomic E-state index is 0.0183. The summed E-state index contributed by atoms with van der Waals surface area (Å²) in [6.45, 7) is 5.11. The molecular formula is C16H19NO2S. The zero-order valence-electron chi connectivity index (χ0n) is 11.8. The van der Waals surface area contributed by atoms with E-state index in [0.717, 1.165) is 5.75 Å². The lowest BCUT2D eigenvalue weighted by atomic mass is 10.3. The van der Waals surface area contributed by atoms with Crippen molar-refractivity contribution < 1.29 is 9.53 Å². The van der Waals surface area contributed by atoms with Crippen LogP contribution in [0.3, 0.4) is 0 Å². The Morgan fingerprint density at radius 1 is 1.25 bits per heavy atom. The number of rotatable bonds is 6. The lowest BCUT2D eigenvalue weighted by Crippen LogP contribution is -2.39. The third-order valence-corrected chi connectivity index (χ3v) is 3.89. The van der Waals surface area contributed by atoms with Gasteiger partial charge in [-0.2, -0.15) is 0 Å². The molecule has 3 nitrogen and oxygen atoms in total. The highest BCUT2D eigenvalue weighted by atomic mass is 32.1. The minimum Gasteiger partial charge on any atom is -0.481 e. The molecule has 1 aromatic heterocycles. The van der Waals surface area contributed by atoms with Gasteiger partial charge in [-0.1, -0.05) is 24.3 Å². The highest BCUT2D eigenvalue weighted by molar-refractivity contribution is 7.09. The molecule has 20 heavy (non-hydrogen) atoms. The van der Waals surface area contributed by atoms with E-state index in [-0.39, 0.29) is 5.91 Å². The van der Waals surface area contributed by atoms with E-state index in [1.807, 2.05) is 59.7 Å². The van der Waals surface area contributed by atoms with Crippen LogP contribution in [0.2, 0.25) is 0 Å². The average molecular weight is 289 g/mol. The van der Waals surface area contributed by atoms with E-state index in [1.165, 1.54) is 4.88 Å². The molecule has 0 saturated carbocycles. The lowest BCUT2D eigenvalue weighted by molar-refractivity contribution is -0.138. The van der Waals surface area contributed by atoms with E-state index in [2.05, 4.69) is 0 Å². The summed E-state index contributed by atoms with van der Waals surface area (Å²) in [5.74, 6) is 0.741. The molecule has 2 rings (SSSR count). The van der Waals surface area contributed by atoms with Crippen molar-refractivity contribution in [2.75, 3.05) is 6.54 Å². The number of ether oxygens (including phenoxy) is 1. The fourth-order valence-corrected chi connectivity index (χ4v) is 2.67. The van der Waals surface area contributed by atoms with Gasteiger partial charge in [0.05, 0.1) is 6.54 Å². The van der Waals surface area contributed by atoms with Crippen molar-refractivity contribution in [3.63, 3.8) is 0 Å². The summed E-state index contributed by atoms with van der Waals surface area (Å²) in [7, 11) is 0. The van der Waals surface area contributed by atoms with Crippen LogP contribution in [0.4, 0.5) is 0 Å². The maximum atomic E-state index is 12.4. The largest absolute Gasteiger partial charge is 0.481 e. The number of amides is 1. The van der Waals surface area contributed by atoms with Crippen LogP contribution in [0.25, 0.3) is 0 Å². The van der Waals surface area contributed by atoms with Gasteiger partial charge in [-0.3, -0.25) is 4.79 Å². The normalized spacial score (nSPS) is 11.9. The fourth-order valence-electron chi connectivity index (χ4n) is 1.95. The van der Waals surface area contributed by atoms with E-state index in [1.54, 1.807) is 18.3 Å². The first-order valence-electron chi connectivity index (χ1n) is 6.73. The topological polar surface area (TPSA) is 29.5 Å².